The van der Waals surface area contributed by atoms with Gasteiger partial charge in [0.25, 0.3) is 0 Å². The van der Waals surface area contributed by atoms with Gasteiger partial charge in [-0.15, -0.1) is 0 Å². The summed E-state index contributed by atoms with van der Waals surface area (Å²) in [5.41, 5.74) is 2.26. The lowest BCUT2D eigenvalue weighted by atomic mass is 9.95. The molecule has 1 aromatic heterocycles. The van der Waals surface area contributed by atoms with Gasteiger partial charge in [0.1, 0.15) is 12.1 Å². The van der Waals surface area contributed by atoms with E-state index in [1.54, 1.807) is 12.5 Å². The Morgan fingerprint density at radius 3 is 2.63 bits per heavy atom. The lowest BCUT2D eigenvalue weighted by molar-refractivity contribution is -0.142. The molecule has 1 aromatic carbocycles. The van der Waals surface area contributed by atoms with Gasteiger partial charge in [0.15, 0.2) is 0 Å². The topological polar surface area (TPSA) is 122 Å². The van der Waals surface area contributed by atoms with Gasteiger partial charge >= 0.3 is 5.97 Å². The molecule has 0 saturated carbocycles. The average Bonchev–Trinajstić information content (AvgIpc) is 3.13. The van der Waals surface area contributed by atoms with E-state index in [0.717, 1.165) is 34.7 Å². The van der Waals surface area contributed by atoms with Crippen molar-refractivity contribution < 1.29 is 23.1 Å². The zero-order chi connectivity index (χ0) is 21.9. The minimum Gasteiger partial charge on any atom is -0.480 e. The number of nitrogens with zero attached hydrogens (tertiary/aromatic N) is 3. The number of nitrogens with one attached hydrogen (secondary N) is 1. The Labute approximate surface area is 175 Å². The van der Waals surface area contributed by atoms with Crippen molar-refractivity contribution in [2.45, 2.75) is 51.4 Å². The van der Waals surface area contributed by atoms with Gasteiger partial charge in [-0.05, 0) is 24.0 Å². The maximum atomic E-state index is 13.0. The second-order valence-electron chi connectivity index (χ2n) is 7.50. The Bertz CT molecular complexity index is 1030. The fraction of sp³-hybridized carbons (Fsp3) is 0.450. The number of carboxylic acid groups (broad SMARTS) is 1. The highest BCUT2D eigenvalue weighted by atomic mass is 32.2. The third-order valence-electron chi connectivity index (χ3n) is 5.13. The van der Waals surface area contributed by atoms with Crippen molar-refractivity contribution in [2.24, 2.45) is 0 Å². The molecule has 0 saturated heterocycles. The van der Waals surface area contributed by atoms with Gasteiger partial charge in [-0.25, -0.2) is 18.2 Å². The first-order chi connectivity index (χ1) is 14.2. The Morgan fingerprint density at radius 2 is 2.00 bits per heavy atom. The van der Waals surface area contributed by atoms with Crippen molar-refractivity contribution in [2.75, 3.05) is 6.26 Å². The van der Waals surface area contributed by atoms with Crippen LogP contribution in [0.5, 0.6) is 0 Å². The van der Waals surface area contributed by atoms with Crippen LogP contribution in [-0.4, -0.2) is 57.6 Å². The summed E-state index contributed by atoms with van der Waals surface area (Å²) in [4.78, 5) is 28.9. The minimum absolute atomic E-state index is 0.0139. The summed E-state index contributed by atoms with van der Waals surface area (Å²) >= 11 is 0. The number of hydrogen-bond donors (Lipinski definition) is 2. The number of aryl methyl sites for hydroxylation is 1. The number of carbonyl (C=O) groups excluding carboxylic acids is 1. The highest BCUT2D eigenvalue weighted by molar-refractivity contribution is 7.88. The second kappa shape index (κ2) is 8.97. The van der Waals surface area contributed by atoms with Crippen LogP contribution in [0.25, 0.3) is 0 Å². The van der Waals surface area contributed by atoms with Crippen molar-refractivity contribution in [3.05, 3.63) is 53.6 Å². The number of sulfonamides is 1. The molecule has 162 valence electrons. The van der Waals surface area contributed by atoms with E-state index in [-0.39, 0.29) is 19.4 Å². The molecular weight excluding hydrogens is 408 g/mol. The molecule has 1 unspecified atom stereocenters. The van der Waals surface area contributed by atoms with Crippen LogP contribution < -0.4 is 5.32 Å². The molecule has 10 heteroatoms. The maximum Gasteiger partial charge on any atom is 0.326 e. The summed E-state index contributed by atoms with van der Waals surface area (Å²) < 4.78 is 27.6. The summed E-state index contributed by atoms with van der Waals surface area (Å²) in [5, 5.41) is 12.1. The molecule has 2 N–H and O–H groups in total. The summed E-state index contributed by atoms with van der Waals surface area (Å²) in [6.45, 7) is 2.87. The van der Waals surface area contributed by atoms with Gasteiger partial charge in [-0.3, -0.25) is 4.79 Å². The fourth-order valence-electron chi connectivity index (χ4n) is 3.64. The van der Waals surface area contributed by atoms with Crippen LogP contribution in [-0.2, 0) is 45.5 Å². The molecule has 2 atom stereocenters. The van der Waals surface area contributed by atoms with E-state index in [1.165, 1.54) is 0 Å². The molecule has 3 rings (SSSR count). The maximum absolute atomic E-state index is 13.0. The smallest absolute Gasteiger partial charge is 0.326 e. The summed E-state index contributed by atoms with van der Waals surface area (Å²) in [7, 11) is -3.67. The summed E-state index contributed by atoms with van der Waals surface area (Å²) in [6.07, 6.45) is 5.55. The number of hydrogen-bond acceptors (Lipinski definition) is 5. The lowest BCUT2D eigenvalue weighted by Crippen LogP contribution is -2.55. The first kappa shape index (κ1) is 22.0. The van der Waals surface area contributed by atoms with Gasteiger partial charge in [0.2, 0.25) is 15.9 Å². The molecule has 0 radical (unpaired) electrons. The molecule has 1 aliphatic heterocycles. The van der Waals surface area contributed by atoms with E-state index in [0.29, 0.717) is 5.69 Å². The molecule has 0 bridgehead atoms. The van der Waals surface area contributed by atoms with Gasteiger partial charge in [0.05, 0.1) is 18.3 Å². The first-order valence-electron chi connectivity index (χ1n) is 9.76. The molecule has 2 aromatic rings. The monoisotopic (exact) mass is 434 g/mol. The molecule has 0 spiro atoms. The van der Waals surface area contributed by atoms with E-state index in [2.05, 4.69) is 10.3 Å². The largest absolute Gasteiger partial charge is 0.480 e. The van der Waals surface area contributed by atoms with E-state index >= 15 is 0 Å². The summed E-state index contributed by atoms with van der Waals surface area (Å²) in [5.74, 6) is -1.83. The third kappa shape index (κ3) is 5.06. The van der Waals surface area contributed by atoms with Crippen molar-refractivity contribution in [1.29, 1.82) is 0 Å². The molecule has 0 aliphatic carbocycles. The number of aromatic nitrogens is 2. The third-order valence-corrected chi connectivity index (χ3v) is 6.37. The van der Waals surface area contributed by atoms with E-state index in [9.17, 15) is 23.1 Å². The molecule has 1 aliphatic rings. The van der Waals surface area contributed by atoms with Crippen LogP contribution >= 0.6 is 0 Å². The zero-order valence-electron chi connectivity index (χ0n) is 17.0. The van der Waals surface area contributed by atoms with Crippen LogP contribution in [0.15, 0.2) is 36.8 Å². The second-order valence-corrected chi connectivity index (χ2v) is 9.44. The molecule has 9 nitrogen and oxygen atoms in total. The quantitative estimate of drug-likeness (QED) is 0.634. The average molecular weight is 435 g/mol. The number of imidazole rings is 1. The van der Waals surface area contributed by atoms with Gasteiger partial charge in [-0.1, -0.05) is 31.2 Å². The Kier molecular flexibility index (Phi) is 6.57. The Morgan fingerprint density at radius 1 is 1.30 bits per heavy atom. The predicted octanol–water partition coefficient (Wildman–Crippen LogP) is 0.792. The van der Waals surface area contributed by atoms with Crippen LogP contribution in [0.3, 0.4) is 0 Å². The number of fused-ring (bicyclic) bond motifs is 1. The highest BCUT2D eigenvalue weighted by Crippen LogP contribution is 2.25. The van der Waals surface area contributed by atoms with Crippen molar-refractivity contribution in [1.82, 2.24) is 19.2 Å². The molecule has 1 amide bonds. The Hall–Kier alpha value is -2.72. The number of aliphatic carboxylic acids is 1. The van der Waals surface area contributed by atoms with Crippen molar-refractivity contribution in [3.8, 4) is 0 Å². The standard InChI is InChI=1S/C20H26N4O5S/c1-3-8-23-12-16(21-13-23)10-17(20(26)27)22-19(25)18-9-14-6-4-5-7-15(14)11-24(18)30(2,28)29/h4-7,12-13,17-18H,3,8-11H2,1-2H3,(H,22,25)(H,26,27)/t17-,18?/m0/s1. The van der Waals surface area contributed by atoms with Gasteiger partial charge in [-0.2, -0.15) is 4.31 Å². The molecule has 2 heterocycles. The SMILES string of the molecule is CCCn1cnc(C[C@H](NC(=O)C2Cc3ccccc3CN2S(C)(=O)=O)C(=O)O)c1. The molecular formula is C20H26N4O5S. The number of rotatable bonds is 8. The number of carboxylic acids is 1. The zero-order valence-corrected chi connectivity index (χ0v) is 17.8. The van der Waals surface area contributed by atoms with Crippen molar-refractivity contribution in [3.63, 3.8) is 0 Å². The first-order valence-corrected chi connectivity index (χ1v) is 11.6. The summed E-state index contributed by atoms with van der Waals surface area (Å²) in [6, 6.07) is 5.11. The van der Waals surface area contributed by atoms with Gasteiger partial charge in [0, 0.05) is 25.7 Å². The van der Waals surface area contributed by atoms with Crippen molar-refractivity contribution >= 4 is 21.9 Å². The van der Waals surface area contributed by atoms with Crippen LogP contribution in [0.2, 0.25) is 0 Å². The number of amides is 1. The lowest BCUT2D eigenvalue weighted by Gasteiger charge is -2.34. The number of carbonyl (C=O) groups is 2. The molecule has 0 fully saturated rings. The highest BCUT2D eigenvalue weighted by Gasteiger charge is 2.38. The van der Waals surface area contributed by atoms with Gasteiger partial charge < -0.3 is 15.0 Å². The fourth-order valence-corrected chi connectivity index (χ4v) is 4.65. The molecule has 30 heavy (non-hydrogen) atoms. The Balaban J connectivity index is 1.79. The minimum atomic E-state index is -3.67. The number of benzene rings is 1. The van der Waals surface area contributed by atoms with E-state index in [1.807, 2.05) is 35.8 Å². The van der Waals surface area contributed by atoms with E-state index < -0.39 is 34.0 Å². The van der Waals surface area contributed by atoms with Crippen LogP contribution in [0, 0.1) is 0 Å². The van der Waals surface area contributed by atoms with E-state index in [4.69, 9.17) is 0 Å². The van der Waals surface area contributed by atoms with Crippen LogP contribution in [0.4, 0.5) is 0 Å². The predicted molar refractivity (Wildman–Crippen MR) is 110 cm³/mol. The normalized spacial score (nSPS) is 17.9. The van der Waals surface area contributed by atoms with Crippen LogP contribution in [0.1, 0.15) is 30.2 Å².